The molecule has 1 aromatic rings. The van der Waals surface area contributed by atoms with Gasteiger partial charge >= 0.3 is 0 Å². The largest absolute Gasteiger partial charge is 0.387 e. The summed E-state index contributed by atoms with van der Waals surface area (Å²) in [6, 6.07) is 3.80. The van der Waals surface area contributed by atoms with Crippen LogP contribution in [0.2, 0.25) is 0 Å². The van der Waals surface area contributed by atoms with Gasteiger partial charge in [0.1, 0.15) is 0 Å². The highest BCUT2D eigenvalue weighted by atomic mass is 16.3. The number of aliphatic hydroxyl groups is 1. The summed E-state index contributed by atoms with van der Waals surface area (Å²) in [5, 5.41) is 9.61. The van der Waals surface area contributed by atoms with Crippen molar-refractivity contribution in [2.45, 2.75) is 26.4 Å². The number of hydrogen-bond acceptors (Lipinski definition) is 3. The molecule has 1 N–H and O–H groups in total. The minimum absolute atomic E-state index is 0.475. The lowest BCUT2D eigenvalue weighted by atomic mass is 10.2. The Morgan fingerprint density at radius 2 is 2.25 bits per heavy atom. The molecule has 1 rings (SSSR count). The summed E-state index contributed by atoms with van der Waals surface area (Å²) in [5.74, 6) is 2.61. The molecule has 0 fully saturated rings. The Hall–Kier alpha value is -1.53. The van der Waals surface area contributed by atoms with E-state index in [-0.39, 0.29) is 0 Å². The van der Waals surface area contributed by atoms with Crippen molar-refractivity contribution in [3.63, 3.8) is 0 Å². The fourth-order valence-electron chi connectivity index (χ4n) is 1.49. The first-order valence-electron chi connectivity index (χ1n) is 5.55. The van der Waals surface area contributed by atoms with Gasteiger partial charge in [0.05, 0.1) is 30.2 Å². The minimum atomic E-state index is -0.475. The smallest absolute Gasteiger partial charge is 0.0957 e. The second-order valence-corrected chi connectivity index (χ2v) is 3.58. The summed E-state index contributed by atoms with van der Waals surface area (Å²) < 4.78 is 0. The Balaban J connectivity index is 2.81. The van der Waals surface area contributed by atoms with Crippen LogP contribution in [0.1, 0.15) is 32.1 Å². The van der Waals surface area contributed by atoms with Crippen molar-refractivity contribution in [2.75, 3.05) is 18.0 Å². The van der Waals surface area contributed by atoms with E-state index in [1.165, 1.54) is 0 Å². The van der Waals surface area contributed by atoms with Crippen molar-refractivity contribution in [3.05, 3.63) is 24.0 Å². The third-order valence-electron chi connectivity index (χ3n) is 2.53. The van der Waals surface area contributed by atoms with Gasteiger partial charge in [0.2, 0.25) is 0 Å². The number of anilines is 1. The molecule has 0 bridgehead atoms. The molecule has 3 nitrogen and oxygen atoms in total. The zero-order valence-corrected chi connectivity index (χ0v) is 9.85. The first-order valence-corrected chi connectivity index (χ1v) is 5.55. The van der Waals surface area contributed by atoms with Crippen molar-refractivity contribution in [1.82, 2.24) is 4.98 Å². The number of nitrogens with zero attached hydrogens (tertiary/aromatic N) is 2. The predicted molar refractivity (Wildman–Crippen MR) is 66.2 cm³/mol. The lowest BCUT2D eigenvalue weighted by Gasteiger charge is -2.20. The van der Waals surface area contributed by atoms with Crippen LogP contribution in [0.3, 0.4) is 0 Å². The number of terminal acetylenes is 1. The Labute approximate surface area is 97.1 Å². The van der Waals surface area contributed by atoms with Crippen LogP contribution < -0.4 is 4.90 Å². The summed E-state index contributed by atoms with van der Waals surface area (Å²) in [7, 11) is 0. The molecular formula is C13H18N2O. The van der Waals surface area contributed by atoms with Crippen molar-refractivity contribution in [2.24, 2.45) is 0 Å². The first kappa shape index (κ1) is 12.5. The fraction of sp³-hybridized carbons (Fsp3) is 0.462. The molecule has 86 valence electrons. The summed E-state index contributed by atoms with van der Waals surface area (Å²) in [6.07, 6.45) is 7.25. The molecular weight excluding hydrogens is 200 g/mol. The van der Waals surface area contributed by atoms with E-state index in [0.29, 0.717) is 18.7 Å². The molecule has 0 saturated carbocycles. The van der Waals surface area contributed by atoms with E-state index < -0.39 is 6.10 Å². The molecule has 0 aliphatic rings. The van der Waals surface area contributed by atoms with Crippen LogP contribution in [0.5, 0.6) is 0 Å². The van der Waals surface area contributed by atoms with Crippen LogP contribution in [0.25, 0.3) is 0 Å². The molecule has 0 amide bonds. The van der Waals surface area contributed by atoms with Gasteiger partial charge in [0.25, 0.3) is 0 Å². The standard InChI is InChI=1S/C13H18N2O/c1-4-9-15(6-3)11-7-8-12(14-10-11)13(16)5-2/h1,7-8,10,13,16H,5-6,9H2,2-3H3. The molecule has 0 aliphatic carbocycles. The zero-order chi connectivity index (χ0) is 12.0. The summed E-state index contributed by atoms with van der Waals surface area (Å²) in [5.41, 5.74) is 1.70. The van der Waals surface area contributed by atoms with E-state index >= 15 is 0 Å². The van der Waals surface area contributed by atoms with Crippen LogP contribution in [-0.4, -0.2) is 23.2 Å². The van der Waals surface area contributed by atoms with Gasteiger partial charge < -0.3 is 10.0 Å². The third kappa shape index (κ3) is 2.98. The molecule has 1 heterocycles. The topological polar surface area (TPSA) is 36.4 Å². The first-order chi connectivity index (χ1) is 7.72. The summed E-state index contributed by atoms with van der Waals surface area (Å²) >= 11 is 0. The van der Waals surface area contributed by atoms with Crippen LogP contribution in [0.4, 0.5) is 5.69 Å². The Morgan fingerprint density at radius 1 is 1.50 bits per heavy atom. The van der Waals surface area contributed by atoms with E-state index in [9.17, 15) is 5.11 Å². The Kier molecular flexibility index (Phi) is 4.81. The van der Waals surface area contributed by atoms with Gasteiger partial charge in [-0.3, -0.25) is 4.98 Å². The monoisotopic (exact) mass is 218 g/mol. The van der Waals surface area contributed by atoms with Gasteiger partial charge in [-0.1, -0.05) is 12.8 Å². The molecule has 0 saturated heterocycles. The average molecular weight is 218 g/mol. The van der Waals surface area contributed by atoms with Gasteiger partial charge in [-0.25, -0.2) is 0 Å². The van der Waals surface area contributed by atoms with Gasteiger partial charge in [-0.15, -0.1) is 6.42 Å². The molecule has 0 aliphatic heterocycles. The van der Waals surface area contributed by atoms with Crippen molar-refractivity contribution in [1.29, 1.82) is 0 Å². The highest BCUT2D eigenvalue weighted by Crippen LogP contribution is 2.17. The van der Waals surface area contributed by atoms with Gasteiger partial charge in [-0.05, 0) is 25.5 Å². The van der Waals surface area contributed by atoms with Crippen molar-refractivity contribution < 1.29 is 5.11 Å². The maximum Gasteiger partial charge on any atom is 0.0957 e. The van der Waals surface area contributed by atoms with Gasteiger partial charge in [-0.2, -0.15) is 0 Å². The molecule has 0 spiro atoms. The molecule has 0 aromatic carbocycles. The fourth-order valence-corrected chi connectivity index (χ4v) is 1.49. The lowest BCUT2D eigenvalue weighted by Crippen LogP contribution is -2.23. The van der Waals surface area contributed by atoms with E-state index in [0.717, 1.165) is 12.2 Å². The molecule has 0 radical (unpaired) electrons. The normalized spacial score (nSPS) is 11.9. The van der Waals surface area contributed by atoms with E-state index in [1.54, 1.807) is 6.20 Å². The van der Waals surface area contributed by atoms with Gasteiger partial charge in [0, 0.05) is 6.54 Å². The quantitative estimate of drug-likeness (QED) is 0.768. The molecule has 1 atom stereocenters. The third-order valence-corrected chi connectivity index (χ3v) is 2.53. The average Bonchev–Trinajstić information content (AvgIpc) is 2.35. The van der Waals surface area contributed by atoms with Gasteiger partial charge in [0.15, 0.2) is 0 Å². The molecule has 3 heteroatoms. The number of rotatable bonds is 5. The summed E-state index contributed by atoms with van der Waals surface area (Å²) in [4.78, 5) is 6.29. The molecule has 1 unspecified atom stereocenters. The number of aromatic nitrogens is 1. The molecule has 16 heavy (non-hydrogen) atoms. The Morgan fingerprint density at radius 3 is 2.69 bits per heavy atom. The maximum atomic E-state index is 9.61. The Bertz CT molecular complexity index is 353. The highest BCUT2D eigenvalue weighted by Gasteiger charge is 2.07. The lowest BCUT2D eigenvalue weighted by molar-refractivity contribution is 0.169. The summed E-state index contributed by atoms with van der Waals surface area (Å²) in [6.45, 7) is 5.40. The van der Waals surface area contributed by atoms with Crippen LogP contribution >= 0.6 is 0 Å². The minimum Gasteiger partial charge on any atom is -0.387 e. The van der Waals surface area contributed by atoms with E-state index in [1.807, 2.05) is 26.0 Å². The SMILES string of the molecule is C#CCN(CC)c1ccc(C(O)CC)nc1. The van der Waals surface area contributed by atoms with Crippen LogP contribution in [0.15, 0.2) is 18.3 Å². The van der Waals surface area contributed by atoms with Crippen LogP contribution in [-0.2, 0) is 0 Å². The number of hydrogen-bond donors (Lipinski definition) is 1. The van der Waals surface area contributed by atoms with Crippen LogP contribution in [0, 0.1) is 12.3 Å². The van der Waals surface area contributed by atoms with Crippen molar-refractivity contribution in [3.8, 4) is 12.3 Å². The van der Waals surface area contributed by atoms with Crippen molar-refractivity contribution >= 4 is 5.69 Å². The van der Waals surface area contributed by atoms with E-state index in [4.69, 9.17) is 6.42 Å². The predicted octanol–water partition coefficient (Wildman–Crippen LogP) is 1.98. The zero-order valence-electron chi connectivity index (χ0n) is 9.85. The number of aliphatic hydroxyl groups excluding tert-OH is 1. The highest BCUT2D eigenvalue weighted by molar-refractivity contribution is 5.45. The second-order valence-electron chi connectivity index (χ2n) is 3.58. The number of pyridine rings is 1. The second kappa shape index (κ2) is 6.14. The maximum absolute atomic E-state index is 9.61. The van der Waals surface area contributed by atoms with E-state index in [2.05, 4.69) is 15.8 Å². The molecule has 1 aromatic heterocycles.